The van der Waals surface area contributed by atoms with Crippen molar-refractivity contribution in [2.75, 3.05) is 32.0 Å². The zero-order valence-electron chi connectivity index (χ0n) is 18.7. The number of rotatable bonds is 7. The SMILES string of the molecule is COc1cc(Oc2ccnc3cc(OC)c(OC)cc23)ccc1NC(=O)Nc1cccc(F)c1. The first-order chi connectivity index (χ1) is 16.5. The van der Waals surface area contributed by atoms with Gasteiger partial charge in [-0.3, -0.25) is 4.98 Å². The molecule has 0 radical (unpaired) electrons. The highest BCUT2D eigenvalue weighted by atomic mass is 19.1. The maximum absolute atomic E-state index is 13.3. The van der Waals surface area contributed by atoms with Gasteiger partial charge in [0.25, 0.3) is 0 Å². The number of methoxy groups -OCH3 is 3. The quantitative estimate of drug-likeness (QED) is 0.358. The molecule has 0 aliphatic rings. The maximum atomic E-state index is 13.3. The largest absolute Gasteiger partial charge is 0.494 e. The number of urea groups is 1. The van der Waals surface area contributed by atoms with Gasteiger partial charge in [0.1, 0.15) is 23.1 Å². The number of ether oxygens (including phenoxy) is 4. The summed E-state index contributed by atoms with van der Waals surface area (Å²) in [7, 11) is 4.60. The summed E-state index contributed by atoms with van der Waals surface area (Å²) in [5.41, 5.74) is 1.41. The van der Waals surface area contributed by atoms with Crippen LogP contribution in [0, 0.1) is 5.82 Å². The molecule has 0 saturated carbocycles. The molecule has 9 heteroatoms. The molecule has 1 heterocycles. The number of anilines is 2. The van der Waals surface area contributed by atoms with Crippen LogP contribution in [0.1, 0.15) is 0 Å². The molecule has 8 nitrogen and oxygen atoms in total. The lowest BCUT2D eigenvalue weighted by Crippen LogP contribution is -2.19. The number of halogens is 1. The summed E-state index contributed by atoms with van der Waals surface area (Å²) in [6, 6.07) is 15.3. The number of fused-ring (bicyclic) bond motifs is 1. The van der Waals surface area contributed by atoms with E-state index in [4.69, 9.17) is 18.9 Å². The number of aromatic nitrogens is 1. The Labute approximate surface area is 195 Å². The molecule has 34 heavy (non-hydrogen) atoms. The van der Waals surface area contributed by atoms with E-state index in [0.717, 1.165) is 5.39 Å². The lowest BCUT2D eigenvalue weighted by molar-refractivity contribution is 0.262. The molecular formula is C25H22FN3O5. The molecule has 174 valence electrons. The summed E-state index contributed by atoms with van der Waals surface area (Å²) < 4.78 is 35.6. The summed E-state index contributed by atoms with van der Waals surface area (Å²) >= 11 is 0. The number of carbonyl (C=O) groups excluding carboxylic acids is 1. The molecule has 2 N–H and O–H groups in total. The van der Waals surface area contributed by atoms with Crippen molar-refractivity contribution in [1.29, 1.82) is 0 Å². The van der Waals surface area contributed by atoms with Gasteiger partial charge in [-0.25, -0.2) is 9.18 Å². The number of pyridine rings is 1. The summed E-state index contributed by atoms with van der Waals surface area (Å²) in [5.74, 6) is 2.08. The lowest BCUT2D eigenvalue weighted by atomic mass is 10.2. The molecule has 0 fully saturated rings. The van der Waals surface area contributed by atoms with Crippen LogP contribution in [0.2, 0.25) is 0 Å². The molecule has 0 aliphatic carbocycles. The molecule has 0 aliphatic heterocycles. The van der Waals surface area contributed by atoms with Crippen LogP contribution in [0.5, 0.6) is 28.7 Å². The molecule has 2 amide bonds. The summed E-state index contributed by atoms with van der Waals surface area (Å²) in [4.78, 5) is 16.7. The Balaban J connectivity index is 1.56. The Morgan fingerprint density at radius 3 is 2.32 bits per heavy atom. The van der Waals surface area contributed by atoms with E-state index in [1.165, 1.54) is 25.3 Å². The molecular weight excluding hydrogens is 441 g/mol. The second-order valence-electron chi connectivity index (χ2n) is 7.09. The van der Waals surface area contributed by atoms with E-state index in [0.29, 0.717) is 45.6 Å². The molecule has 4 rings (SSSR count). The van der Waals surface area contributed by atoms with Gasteiger partial charge in [-0.05, 0) is 42.5 Å². The number of amides is 2. The predicted molar refractivity (Wildman–Crippen MR) is 127 cm³/mol. The van der Waals surface area contributed by atoms with Crippen LogP contribution in [0.25, 0.3) is 10.9 Å². The minimum absolute atomic E-state index is 0.327. The van der Waals surface area contributed by atoms with Crippen molar-refractivity contribution in [2.24, 2.45) is 0 Å². The molecule has 1 aromatic heterocycles. The van der Waals surface area contributed by atoms with E-state index >= 15 is 0 Å². The molecule has 3 aromatic carbocycles. The molecule has 0 atom stereocenters. The minimum Gasteiger partial charge on any atom is -0.494 e. The van der Waals surface area contributed by atoms with E-state index in [1.807, 2.05) is 0 Å². The van der Waals surface area contributed by atoms with Crippen LogP contribution in [0.15, 0.2) is 66.9 Å². The van der Waals surface area contributed by atoms with E-state index < -0.39 is 11.8 Å². The third-order valence-corrected chi connectivity index (χ3v) is 4.94. The van der Waals surface area contributed by atoms with E-state index in [1.54, 1.807) is 62.9 Å². The number of nitrogens with zero attached hydrogens (tertiary/aromatic N) is 1. The highest BCUT2D eigenvalue weighted by Gasteiger charge is 2.14. The molecule has 0 spiro atoms. The van der Waals surface area contributed by atoms with Gasteiger partial charge in [0.15, 0.2) is 11.5 Å². The van der Waals surface area contributed by atoms with Crippen LogP contribution in [-0.4, -0.2) is 32.3 Å². The Morgan fingerprint density at radius 1 is 0.824 bits per heavy atom. The average molecular weight is 463 g/mol. The molecule has 0 saturated heterocycles. The van der Waals surface area contributed by atoms with Crippen LogP contribution in [0.4, 0.5) is 20.6 Å². The minimum atomic E-state index is -0.543. The third kappa shape index (κ3) is 4.93. The van der Waals surface area contributed by atoms with Crippen LogP contribution >= 0.6 is 0 Å². The van der Waals surface area contributed by atoms with Crippen molar-refractivity contribution in [2.45, 2.75) is 0 Å². The van der Waals surface area contributed by atoms with Gasteiger partial charge in [0.2, 0.25) is 0 Å². The number of hydrogen-bond acceptors (Lipinski definition) is 6. The van der Waals surface area contributed by atoms with Gasteiger partial charge in [-0.2, -0.15) is 0 Å². The summed E-state index contributed by atoms with van der Waals surface area (Å²) in [5, 5.41) is 5.99. The standard InChI is InChI=1S/C25H22FN3O5/c1-31-22-12-17(7-8-19(22)29-25(30)28-16-6-4-5-15(26)11-16)34-21-9-10-27-20-14-24(33-3)23(32-2)13-18(20)21/h4-14H,1-3H3,(H2,28,29,30). The van der Waals surface area contributed by atoms with Crippen LogP contribution in [-0.2, 0) is 0 Å². The maximum Gasteiger partial charge on any atom is 0.323 e. The monoisotopic (exact) mass is 463 g/mol. The number of hydrogen-bond donors (Lipinski definition) is 2. The fourth-order valence-corrected chi connectivity index (χ4v) is 3.35. The van der Waals surface area contributed by atoms with Gasteiger partial charge in [-0.1, -0.05) is 6.07 Å². The smallest absolute Gasteiger partial charge is 0.323 e. The van der Waals surface area contributed by atoms with Gasteiger partial charge in [0.05, 0.1) is 32.5 Å². The van der Waals surface area contributed by atoms with Crippen molar-refractivity contribution in [3.8, 4) is 28.7 Å². The first-order valence-electron chi connectivity index (χ1n) is 10.2. The van der Waals surface area contributed by atoms with E-state index in [9.17, 15) is 9.18 Å². The van der Waals surface area contributed by atoms with Gasteiger partial charge in [-0.15, -0.1) is 0 Å². The number of carbonyl (C=O) groups is 1. The Bertz CT molecular complexity index is 1350. The third-order valence-electron chi connectivity index (χ3n) is 4.94. The Morgan fingerprint density at radius 2 is 1.59 bits per heavy atom. The van der Waals surface area contributed by atoms with Crippen LogP contribution < -0.4 is 29.6 Å². The average Bonchev–Trinajstić information content (AvgIpc) is 2.84. The topological polar surface area (TPSA) is 90.9 Å². The number of benzene rings is 3. The highest BCUT2D eigenvalue weighted by Crippen LogP contribution is 2.38. The number of nitrogens with one attached hydrogen (secondary N) is 2. The van der Waals surface area contributed by atoms with Crippen molar-refractivity contribution in [3.63, 3.8) is 0 Å². The van der Waals surface area contributed by atoms with E-state index in [2.05, 4.69) is 15.6 Å². The predicted octanol–water partition coefficient (Wildman–Crippen LogP) is 5.84. The first kappa shape index (κ1) is 22.7. The van der Waals surface area contributed by atoms with Crippen molar-refractivity contribution in [3.05, 3.63) is 72.7 Å². The summed E-state index contributed by atoms with van der Waals surface area (Å²) in [6.45, 7) is 0. The lowest BCUT2D eigenvalue weighted by Gasteiger charge is -2.15. The zero-order valence-corrected chi connectivity index (χ0v) is 18.7. The van der Waals surface area contributed by atoms with E-state index in [-0.39, 0.29) is 0 Å². The normalized spacial score (nSPS) is 10.5. The Kier molecular flexibility index (Phi) is 6.63. The van der Waals surface area contributed by atoms with Crippen molar-refractivity contribution in [1.82, 2.24) is 4.98 Å². The van der Waals surface area contributed by atoms with Gasteiger partial charge < -0.3 is 29.6 Å². The molecule has 0 unspecified atom stereocenters. The Hall–Kier alpha value is -4.53. The van der Waals surface area contributed by atoms with Crippen LogP contribution in [0.3, 0.4) is 0 Å². The van der Waals surface area contributed by atoms with Gasteiger partial charge in [0, 0.05) is 29.4 Å². The fourth-order valence-electron chi connectivity index (χ4n) is 3.35. The second-order valence-corrected chi connectivity index (χ2v) is 7.09. The van der Waals surface area contributed by atoms with Gasteiger partial charge >= 0.3 is 6.03 Å². The molecule has 4 aromatic rings. The van der Waals surface area contributed by atoms with Crippen molar-refractivity contribution < 1.29 is 28.1 Å². The fraction of sp³-hybridized carbons (Fsp3) is 0.120. The summed E-state index contributed by atoms with van der Waals surface area (Å²) in [6.07, 6.45) is 1.63. The molecule has 0 bridgehead atoms. The highest BCUT2D eigenvalue weighted by molar-refractivity contribution is 6.00. The first-order valence-corrected chi connectivity index (χ1v) is 10.2. The second kappa shape index (κ2) is 9.95. The van der Waals surface area contributed by atoms with Crippen molar-refractivity contribution >= 4 is 28.3 Å². The zero-order chi connectivity index (χ0) is 24.1.